The van der Waals surface area contributed by atoms with Crippen LogP contribution >= 0.6 is 11.6 Å². The van der Waals surface area contributed by atoms with Gasteiger partial charge in [-0.1, -0.05) is 17.7 Å². The van der Waals surface area contributed by atoms with E-state index in [9.17, 15) is 4.79 Å². The van der Waals surface area contributed by atoms with Gasteiger partial charge in [0.25, 0.3) is 0 Å². The van der Waals surface area contributed by atoms with Crippen molar-refractivity contribution in [2.45, 2.75) is 39.8 Å². The average Bonchev–Trinajstić information content (AvgIpc) is 2.36. The van der Waals surface area contributed by atoms with Crippen LogP contribution in [0, 0.1) is 0 Å². The molecule has 0 heterocycles. The lowest BCUT2D eigenvalue weighted by molar-refractivity contribution is -0.119. The SMILES string of the molecule is CCNC(=O)CN(C)c1cccc(Cl)c1CNC(C)(C)C. The Morgan fingerprint density at radius 1 is 1.33 bits per heavy atom. The lowest BCUT2D eigenvalue weighted by Gasteiger charge is -2.26. The lowest BCUT2D eigenvalue weighted by atomic mass is 10.1. The van der Waals surface area contributed by atoms with Gasteiger partial charge in [0, 0.05) is 41.9 Å². The maximum Gasteiger partial charge on any atom is 0.239 e. The molecule has 0 saturated heterocycles. The number of likely N-dealkylation sites (N-methyl/N-ethyl adjacent to an activating group) is 2. The van der Waals surface area contributed by atoms with Gasteiger partial charge in [-0.15, -0.1) is 0 Å². The first-order chi connectivity index (χ1) is 9.74. The van der Waals surface area contributed by atoms with E-state index in [-0.39, 0.29) is 11.4 Å². The number of hydrogen-bond donors (Lipinski definition) is 2. The van der Waals surface area contributed by atoms with E-state index < -0.39 is 0 Å². The number of carbonyl (C=O) groups excluding carboxylic acids is 1. The van der Waals surface area contributed by atoms with Crippen LogP contribution < -0.4 is 15.5 Å². The number of amides is 1. The molecule has 2 N–H and O–H groups in total. The van der Waals surface area contributed by atoms with Gasteiger partial charge in [-0.25, -0.2) is 0 Å². The summed E-state index contributed by atoms with van der Waals surface area (Å²) in [5.74, 6) is 0.00899. The summed E-state index contributed by atoms with van der Waals surface area (Å²) in [5.41, 5.74) is 2.00. The van der Waals surface area contributed by atoms with Crippen LogP contribution in [0.15, 0.2) is 18.2 Å². The predicted molar refractivity (Wildman–Crippen MR) is 90.0 cm³/mol. The third-order valence-corrected chi connectivity index (χ3v) is 3.41. The molecule has 0 aliphatic rings. The number of anilines is 1. The van der Waals surface area contributed by atoms with Gasteiger partial charge in [0.15, 0.2) is 0 Å². The van der Waals surface area contributed by atoms with E-state index in [2.05, 4.69) is 31.4 Å². The Hall–Kier alpha value is -1.26. The third kappa shape index (κ3) is 5.94. The minimum Gasteiger partial charge on any atom is -0.365 e. The molecule has 1 aromatic rings. The van der Waals surface area contributed by atoms with Crippen molar-refractivity contribution >= 4 is 23.2 Å². The van der Waals surface area contributed by atoms with Crippen molar-refractivity contribution in [3.63, 3.8) is 0 Å². The number of nitrogens with zero attached hydrogens (tertiary/aromatic N) is 1. The predicted octanol–water partition coefficient (Wildman–Crippen LogP) is 2.80. The van der Waals surface area contributed by atoms with Crippen LogP contribution in [0.3, 0.4) is 0 Å². The molecule has 1 amide bonds. The van der Waals surface area contributed by atoms with Crippen molar-refractivity contribution in [2.75, 3.05) is 25.0 Å². The van der Waals surface area contributed by atoms with Crippen LogP contribution in [0.4, 0.5) is 5.69 Å². The summed E-state index contributed by atoms with van der Waals surface area (Å²) >= 11 is 6.33. The van der Waals surface area contributed by atoms with Crippen LogP contribution in [0.5, 0.6) is 0 Å². The molecule has 0 bridgehead atoms. The van der Waals surface area contributed by atoms with E-state index in [0.29, 0.717) is 24.7 Å². The first kappa shape index (κ1) is 17.8. The second-order valence-corrected chi connectivity index (χ2v) is 6.56. The molecule has 0 aliphatic heterocycles. The molecule has 0 unspecified atom stereocenters. The van der Waals surface area contributed by atoms with E-state index in [1.165, 1.54) is 0 Å². The number of rotatable bonds is 6. The second-order valence-electron chi connectivity index (χ2n) is 6.15. The molecule has 0 saturated carbocycles. The van der Waals surface area contributed by atoms with Crippen LogP contribution in [-0.4, -0.2) is 31.6 Å². The van der Waals surface area contributed by atoms with E-state index in [0.717, 1.165) is 11.3 Å². The largest absolute Gasteiger partial charge is 0.365 e. The zero-order valence-corrected chi connectivity index (χ0v) is 14.3. The maximum atomic E-state index is 11.7. The molecular weight excluding hydrogens is 286 g/mol. The fourth-order valence-electron chi connectivity index (χ4n) is 1.99. The van der Waals surface area contributed by atoms with Crippen molar-refractivity contribution in [1.29, 1.82) is 0 Å². The van der Waals surface area contributed by atoms with Crippen molar-refractivity contribution < 1.29 is 4.79 Å². The molecular formula is C16H26ClN3O. The lowest BCUT2D eigenvalue weighted by Crippen LogP contribution is -2.37. The van der Waals surface area contributed by atoms with E-state index in [4.69, 9.17) is 11.6 Å². The first-order valence-corrected chi connectivity index (χ1v) is 7.62. The maximum absolute atomic E-state index is 11.7. The summed E-state index contributed by atoms with van der Waals surface area (Å²) in [7, 11) is 1.90. The zero-order valence-electron chi connectivity index (χ0n) is 13.6. The summed E-state index contributed by atoms with van der Waals surface area (Å²) in [4.78, 5) is 13.7. The van der Waals surface area contributed by atoms with Gasteiger partial charge in [0.1, 0.15) is 0 Å². The van der Waals surface area contributed by atoms with Crippen molar-refractivity contribution in [3.05, 3.63) is 28.8 Å². The highest BCUT2D eigenvalue weighted by molar-refractivity contribution is 6.31. The number of halogens is 1. The van der Waals surface area contributed by atoms with Crippen LogP contribution in [-0.2, 0) is 11.3 Å². The molecule has 1 rings (SSSR count). The fourth-order valence-corrected chi connectivity index (χ4v) is 2.22. The quantitative estimate of drug-likeness (QED) is 0.849. The topological polar surface area (TPSA) is 44.4 Å². The van der Waals surface area contributed by atoms with Crippen molar-refractivity contribution in [2.24, 2.45) is 0 Å². The van der Waals surface area contributed by atoms with Gasteiger partial charge in [-0.2, -0.15) is 0 Å². The molecule has 0 radical (unpaired) electrons. The van der Waals surface area contributed by atoms with E-state index in [1.54, 1.807) is 0 Å². The molecule has 5 heteroatoms. The zero-order chi connectivity index (χ0) is 16.0. The molecule has 0 spiro atoms. The fraction of sp³-hybridized carbons (Fsp3) is 0.562. The Kier molecular flexibility index (Phi) is 6.49. The van der Waals surface area contributed by atoms with E-state index >= 15 is 0 Å². The smallest absolute Gasteiger partial charge is 0.239 e. The molecule has 21 heavy (non-hydrogen) atoms. The van der Waals surface area contributed by atoms with Gasteiger partial charge in [-0.05, 0) is 39.8 Å². The number of nitrogens with one attached hydrogen (secondary N) is 2. The highest BCUT2D eigenvalue weighted by Gasteiger charge is 2.16. The standard InChI is InChI=1S/C16H26ClN3O/c1-6-18-15(21)11-20(5)14-9-7-8-13(17)12(14)10-19-16(2,3)4/h7-9,19H,6,10-11H2,1-5H3,(H,18,21). The Bertz CT molecular complexity index is 483. The Morgan fingerprint density at radius 2 is 2.00 bits per heavy atom. The molecule has 0 fully saturated rings. The normalized spacial score (nSPS) is 11.3. The van der Waals surface area contributed by atoms with Gasteiger partial charge in [-0.3, -0.25) is 4.79 Å². The van der Waals surface area contributed by atoms with Gasteiger partial charge >= 0.3 is 0 Å². The van der Waals surface area contributed by atoms with Gasteiger partial charge in [0.05, 0.1) is 6.54 Å². The number of benzene rings is 1. The minimum absolute atomic E-state index is 0.00853. The molecule has 1 aromatic carbocycles. The van der Waals surface area contributed by atoms with Crippen LogP contribution in [0.2, 0.25) is 5.02 Å². The number of carbonyl (C=O) groups is 1. The monoisotopic (exact) mass is 311 g/mol. The second kappa shape index (κ2) is 7.66. The van der Waals surface area contributed by atoms with Crippen LogP contribution in [0.1, 0.15) is 33.3 Å². The highest BCUT2D eigenvalue weighted by atomic mass is 35.5. The summed E-state index contributed by atoms with van der Waals surface area (Å²) in [6.07, 6.45) is 0. The van der Waals surface area contributed by atoms with Crippen molar-refractivity contribution in [1.82, 2.24) is 10.6 Å². The summed E-state index contributed by atoms with van der Waals surface area (Å²) < 4.78 is 0. The Balaban J connectivity index is 2.90. The van der Waals surface area contributed by atoms with Crippen LogP contribution in [0.25, 0.3) is 0 Å². The van der Waals surface area contributed by atoms with E-state index in [1.807, 2.05) is 37.1 Å². The third-order valence-electron chi connectivity index (χ3n) is 3.06. The van der Waals surface area contributed by atoms with Gasteiger partial charge < -0.3 is 15.5 Å². The molecule has 0 atom stereocenters. The average molecular weight is 312 g/mol. The summed E-state index contributed by atoms with van der Waals surface area (Å²) in [5, 5.41) is 6.96. The number of hydrogen-bond acceptors (Lipinski definition) is 3. The molecule has 4 nitrogen and oxygen atoms in total. The van der Waals surface area contributed by atoms with Gasteiger partial charge in [0.2, 0.25) is 5.91 Å². The molecule has 0 aromatic heterocycles. The molecule has 0 aliphatic carbocycles. The Labute approximate surface area is 132 Å². The minimum atomic E-state index is 0.00853. The first-order valence-electron chi connectivity index (χ1n) is 7.25. The molecule has 118 valence electrons. The van der Waals surface area contributed by atoms with Crippen molar-refractivity contribution in [3.8, 4) is 0 Å². The highest BCUT2D eigenvalue weighted by Crippen LogP contribution is 2.27. The summed E-state index contributed by atoms with van der Waals surface area (Å²) in [6, 6.07) is 5.78. The summed E-state index contributed by atoms with van der Waals surface area (Å²) in [6.45, 7) is 9.87. The Morgan fingerprint density at radius 3 is 2.57 bits per heavy atom.